The summed E-state index contributed by atoms with van der Waals surface area (Å²) in [6.07, 6.45) is -9.20. The summed E-state index contributed by atoms with van der Waals surface area (Å²) in [5, 5.41) is 7.33. The van der Waals surface area contributed by atoms with Crippen molar-refractivity contribution in [1.29, 1.82) is 0 Å². The fourth-order valence-electron chi connectivity index (χ4n) is 4.66. The summed E-state index contributed by atoms with van der Waals surface area (Å²) in [6, 6.07) is 14.2. The lowest BCUT2D eigenvalue weighted by molar-refractivity contribution is -0.360. The number of fused-ring (bicyclic) bond motifs is 1. The number of hydrogen-bond donors (Lipinski definition) is 1. The van der Waals surface area contributed by atoms with E-state index in [0.29, 0.717) is 47.0 Å². The van der Waals surface area contributed by atoms with Gasteiger partial charge in [-0.05, 0) is 67.1 Å². The molecule has 0 atom stereocenters. The molecular weight excluding hydrogens is 623 g/mol. The molecular formula is C29H21F5N6O4S. The maximum absolute atomic E-state index is 13.2. The first kappa shape index (κ1) is 30.1. The van der Waals surface area contributed by atoms with Crippen molar-refractivity contribution < 1.29 is 41.0 Å². The van der Waals surface area contributed by atoms with E-state index < -0.39 is 24.1 Å². The number of rotatable bonds is 6. The smallest absolute Gasteiger partial charge is 0.493 e. The zero-order chi connectivity index (χ0) is 31.9. The van der Waals surface area contributed by atoms with Crippen LogP contribution in [-0.4, -0.2) is 56.5 Å². The van der Waals surface area contributed by atoms with E-state index in [1.807, 2.05) is 6.07 Å². The van der Waals surface area contributed by atoms with Crippen molar-refractivity contribution in [1.82, 2.24) is 14.8 Å². The van der Waals surface area contributed by atoms with E-state index in [0.717, 1.165) is 17.7 Å². The van der Waals surface area contributed by atoms with Crippen LogP contribution in [0, 0.1) is 6.92 Å². The number of thioether (sulfide) groups is 1. The summed E-state index contributed by atoms with van der Waals surface area (Å²) in [6.45, 7) is 2.27. The van der Waals surface area contributed by atoms with Crippen molar-refractivity contribution in [3.05, 3.63) is 78.1 Å². The van der Waals surface area contributed by atoms with Gasteiger partial charge in [-0.15, -0.1) is 5.10 Å². The topological polar surface area (TPSA) is 111 Å². The third-order valence-corrected chi connectivity index (χ3v) is 7.74. The van der Waals surface area contributed by atoms with Gasteiger partial charge >= 0.3 is 18.3 Å². The van der Waals surface area contributed by atoms with Gasteiger partial charge in [0.1, 0.15) is 17.8 Å². The van der Waals surface area contributed by atoms with Gasteiger partial charge in [-0.25, -0.2) is 14.5 Å². The lowest BCUT2D eigenvalue weighted by Crippen LogP contribution is -2.41. The zero-order valence-electron chi connectivity index (χ0n) is 23.1. The van der Waals surface area contributed by atoms with Crippen LogP contribution < -0.4 is 19.7 Å². The van der Waals surface area contributed by atoms with Crippen LogP contribution >= 0.6 is 11.8 Å². The molecule has 10 nitrogen and oxygen atoms in total. The summed E-state index contributed by atoms with van der Waals surface area (Å²) in [4.78, 5) is 35.4. The monoisotopic (exact) mass is 644 g/mol. The van der Waals surface area contributed by atoms with Crippen LogP contribution in [0.3, 0.4) is 0 Å². The first-order valence-electron chi connectivity index (χ1n) is 13.3. The Morgan fingerprint density at radius 3 is 2.60 bits per heavy atom. The van der Waals surface area contributed by atoms with Crippen molar-refractivity contribution in [2.75, 3.05) is 22.6 Å². The highest BCUT2D eigenvalue weighted by Gasteiger charge is 2.61. The minimum absolute atomic E-state index is 0.149. The molecule has 3 amide bonds. The number of carbonyl (C=O) groups excluding carboxylic acids is 2. The van der Waals surface area contributed by atoms with Gasteiger partial charge in [-0.3, -0.25) is 9.69 Å². The number of alkyl halides is 5. The van der Waals surface area contributed by atoms with Crippen LogP contribution in [0.1, 0.15) is 11.1 Å². The van der Waals surface area contributed by atoms with Crippen LogP contribution in [0.4, 0.5) is 38.1 Å². The molecule has 0 saturated carbocycles. The number of benzene rings is 3. The normalized spacial score (nSPS) is 15.7. The van der Waals surface area contributed by atoms with Crippen LogP contribution in [0.5, 0.6) is 11.5 Å². The summed E-state index contributed by atoms with van der Waals surface area (Å²) in [7, 11) is 0. The Hall–Kier alpha value is -4.99. The highest BCUT2D eigenvalue weighted by Crippen LogP contribution is 2.38. The van der Waals surface area contributed by atoms with Gasteiger partial charge in [0.05, 0.1) is 23.7 Å². The number of amidine groups is 1. The maximum Gasteiger partial charge on any atom is 0.499 e. The molecule has 16 heteroatoms. The highest BCUT2D eigenvalue weighted by molar-refractivity contribution is 8.15. The van der Waals surface area contributed by atoms with Gasteiger partial charge in [0.2, 0.25) is 5.91 Å². The second-order valence-electron chi connectivity index (χ2n) is 9.85. The van der Waals surface area contributed by atoms with Crippen LogP contribution in [0.15, 0.2) is 72.0 Å². The summed E-state index contributed by atoms with van der Waals surface area (Å²) < 4.78 is 74.3. The molecule has 2 aliphatic rings. The number of aliphatic imine (C=N–C) groups is 1. The van der Waals surface area contributed by atoms with E-state index in [1.165, 1.54) is 39.8 Å². The number of nitrogens with zero attached hydrogens (tertiary/aromatic N) is 5. The molecule has 45 heavy (non-hydrogen) atoms. The van der Waals surface area contributed by atoms with Crippen LogP contribution in [0.2, 0.25) is 0 Å². The van der Waals surface area contributed by atoms with E-state index >= 15 is 0 Å². The number of amides is 3. The third kappa shape index (κ3) is 6.05. The number of urea groups is 1. The van der Waals surface area contributed by atoms with E-state index in [2.05, 4.69) is 25.1 Å². The quantitative estimate of drug-likeness (QED) is 0.243. The Bertz CT molecular complexity index is 1830. The molecule has 2 aliphatic heterocycles. The maximum atomic E-state index is 13.2. The molecule has 0 aliphatic carbocycles. The van der Waals surface area contributed by atoms with E-state index in [4.69, 9.17) is 4.74 Å². The van der Waals surface area contributed by atoms with Crippen molar-refractivity contribution in [3.8, 4) is 28.6 Å². The van der Waals surface area contributed by atoms with E-state index in [-0.39, 0.29) is 22.7 Å². The first-order chi connectivity index (χ1) is 21.4. The Kier molecular flexibility index (Phi) is 7.68. The Morgan fingerprint density at radius 2 is 1.87 bits per heavy atom. The fraction of sp³-hybridized carbons (Fsp3) is 0.207. The van der Waals surface area contributed by atoms with Crippen molar-refractivity contribution in [2.45, 2.75) is 25.6 Å². The summed E-state index contributed by atoms with van der Waals surface area (Å²) >= 11 is 1.17. The predicted molar refractivity (Wildman–Crippen MR) is 155 cm³/mol. The van der Waals surface area contributed by atoms with Crippen LogP contribution in [0.25, 0.3) is 17.1 Å². The lowest BCUT2D eigenvalue weighted by Gasteiger charge is -2.20. The minimum atomic E-state index is -5.86. The first-order valence-corrected chi connectivity index (χ1v) is 14.2. The largest absolute Gasteiger partial charge is 0.499 e. The molecule has 0 radical (unpaired) electrons. The molecule has 4 aromatic rings. The van der Waals surface area contributed by atoms with Gasteiger partial charge < -0.3 is 14.8 Å². The number of anilines is 2. The Morgan fingerprint density at radius 1 is 1.09 bits per heavy atom. The molecule has 3 heterocycles. The molecule has 6 rings (SSSR count). The number of aromatic nitrogens is 3. The van der Waals surface area contributed by atoms with Gasteiger partial charge in [0.15, 0.2) is 11.0 Å². The molecule has 0 bridgehead atoms. The van der Waals surface area contributed by atoms with Crippen molar-refractivity contribution in [2.24, 2.45) is 4.99 Å². The SMILES string of the molecule is Cc1cc(-c2ncn(-c3ccc(OC(F)(F)C(F)(F)F)cc3)n2)ccc1NC(=O)/N=C1\SCC(=O)N1c1cccc2c1CCO2. The summed E-state index contributed by atoms with van der Waals surface area (Å²) in [5.74, 6) is 0.276. The van der Waals surface area contributed by atoms with E-state index in [9.17, 15) is 31.5 Å². The Labute approximate surface area is 255 Å². The number of aryl methyl sites for hydroxylation is 1. The van der Waals surface area contributed by atoms with Crippen molar-refractivity contribution >= 4 is 40.2 Å². The molecule has 1 N–H and O–H groups in total. The third-order valence-electron chi connectivity index (χ3n) is 6.82. The zero-order valence-corrected chi connectivity index (χ0v) is 24.0. The number of nitrogens with one attached hydrogen (secondary N) is 1. The summed E-state index contributed by atoms with van der Waals surface area (Å²) in [5.41, 5.74) is 3.58. The molecule has 1 fully saturated rings. The number of halogens is 5. The molecule has 232 valence electrons. The minimum Gasteiger partial charge on any atom is -0.493 e. The number of hydrogen-bond acceptors (Lipinski definition) is 7. The Balaban J connectivity index is 1.14. The molecule has 0 spiro atoms. The second-order valence-corrected chi connectivity index (χ2v) is 10.8. The van der Waals surface area contributed by atoms with Gasteiger partial charge in [0.25, 0.3) is 0 Å². The number of carbonyl (C=O) groups is 2. The van der Waals surface area contributed by atoms with Gasteiger partial charge in [-0.1, -0.05) is 17.8 Å². The highest BCUT2D eigenvalue weighted by atomic mass is 32.2. The van der Waals surface area contributed by atoms with Gasteiger partial charge in [0, 0.05) is 23.2 Å². The number of ether oxygens (including phenoxy) is 2. The molecule has 0 unspecified atom stereocenters. The standard InChI is InChI=1S/C29H21F5N6O4S/c1-16-13-17(25-35-15-39(38-25)18-6-8-19(9-7-18)44-29(33,34)28(30,31)32)5-10-21(16)36-26(42)37-27-40(24(41)14-45-27)22-3-2-4-23-20(22)11-12-43-23/h2-10,13,15H,11-12,14H2,1H3,(H,36,42)/b37-27-. The van der Waals surface area contributed by atoms with E-state index in [1.54, 1.807) is 37.3 Å². The average molecular weight is 645 g/mol. The lowest BCUT2D eigenvalue weighted by atomic mass is 10.1. The van der Waals surface area contributed by atoms with Crippen molar-refractivity contribution in [3.63, 3.8) is 0 Å². The fourth-order valence-corrected chi connectivity index (χ4v) is 5.52. The predicted octanol–water partition coefficient (Wildman–Crippen LogP) is 6.38. The molecule has 1 saturated heterocycles. The van der Waals surface area contributed by atoms with Crippen LogP contribution in [-0.2, 0) is 11.2 Å². The van der Waals surface area contributed by atoms with Gasteiger partial charge in [-0.2, -0.15) is 26.9 Å². The molecule has 1 aromatic heterocycles. The average Bonchev–Trinajstić information content (AvgIpc) is 3.74. The second kappa shape index (κ2) is 11.5. The molecule has 3 aromatic carbocycles.